The van der Waals surface area contributed by atoms with Crippen LogP contribution in [-0.2, 0) is 19.7 Å². The van der Waals surface area contributed by atoms with Gasteiger partial charge in [0.1, 0.15) is 0 Å². The van der Waals surface area contributed by atoms with E-state index in [1.165, 1.54) is 0 Å². The van der Waals surface area contributed by atoms with Gasteiger partial charge in [-0.15, -0.1) is 13.2 Å². The monoisotopic (exact) mass is 278 g/mol. The van der Waals surface area contributed by atoms with E-state index in [0.717, 1.165) is 12.2 Å². The molecule has 102 valence electrons. The largest absolute Gasteiger partial charge is 0.481 e. The van der Waals surface area contributed by atoms with Crippen molar-refractivity contribution in [2.75, 3.05) is 0 Å². The maximum Gasteiger partial charge on any atom is 0.328 e. The minimum atomic E-state index is -5.15. The molecule has 8 heteroatoms. The van der Waals surface area contributed by atoms with E-state index < -0.39 is 45.6 Å². The second-order valence-electron chi connectivity index (χ2n) is 3.58. The van der Waals surface area contributed by atoms with Crippen LogP contribution in [0.2, 0.25) is 0 Å². The lowest BCUT2D eigenvalue weighted by Crippen LogP contribution is -2.54. The Labute approximate surface area is 104 Å². The zero-order valence-electron chi connectivity index (χ0n) is 9.44. The third kappa shape index (κ3) is 2.77. The molecule has 18 heavy (non-hydrogen) atoms. The molecule has 0 fully saturated rings. The van der Waals surface area contributed by atoms with Gasteiger partial charge in [0.05, 0.1) is 5.92 Å². The Morgan fingerprint density at radius 3 is 1.94 bits per heavy atom. The smallest absolute Gasteiger partial charge is 0.328 e. The molecule has 0 aromatic heterocycles. The van der Waals surface area contributed by atoms with Gasteiger partial charge in [0, 0.05) is 0 Å². The molecule has 0 aromatic carbocycles. The van der Waals surface area contributed by atoms with Crippen LogP contribution in [0.3, 0.4) is 0 Å². The van der Waals surface area contributed by atoms with Crippen LogP contribution < -0.4 is 0 Å². The average Bonchev–Trinajstić information content (AvgIpc) is 2.20. The Bertz CT molecular complexity index is 465. The van der Waals surface area contributed by atoms with E-state index in [4.69, 9.17) is 14.8 Å². The van der Waals surface area contributed by atoms with Crippen molar-refractivity contribution in [2.24, 2.45) is 5.92 Å². The summed E-state index contributed by atoms with van der Waals surface area (Å²) in [7, 11) is -5.15. The molecule has 7 nitrogen and oxygen atoms in total. The van der Waals surface area contributed by atoms with Crippen LogP contribution in [0, 0.1) is 5.92 Å². The Balaban J connectivity index is 6.14. The van der Waals surface area contributed by atoms with Crippen molar-refractivity contribution in [1.82, 2.24) is 0 Å². The molecule has 2 unspecified atom stereocenters. The van der Waals surface area contributed by atoms with E-state index in [2.05, 4.69) is 13.2 Å². The van der Waals surface area contributed by atoms with E-state index in [0.29, 0.717) is 0 Å². The maximum absolute atomic E-state index is 11.3. The summed E-state index contributed by atoms with van der Waals surface area (Å²) in [6, 6.07) is 0. The summed E-state index contributed by atoms with van der Waals surface area (Å²) in [4.78, 5) is 22.2. The van der Waals surface area contributed by atoms with Gasteiger partial charge < -0.3 is 10.2 Å². The molecule has 0 saturated heterocycles. The molecule has 0 saturated carbocycles. The van der Waals surface area contributed by atoms with Crippen molar-refractivity contribution >= 4 is 22.1 Å². The molecule has 3 N–H and O–H groups in total. The highest BCUT2D eigenvalue weighted by molar-refractivity contribution is 7.88. The van der Waals surface area contributed by atoms with Crippen molar-refractivity contribution < 1.29 is 32.8 Å². The third-order valence-electron chi connectivity index (χ3n) is 2.53. The van der Waals surface area contributed by atoms with Crippen molar-refractivity contribution in [2.45, 2.75) is 17.6 Å². The number of carbonyl (C=O) groups is 2. The lowest BCUT2D eigenvalue weighted by molar-refractivity contribution is -0.151. The van der Waals surface area contributed by atoms with Crippen LogP contribution in [0.25, 0.3) is 0 Å². The predicted octanol–water partition coefficient (Wildman–Crippen LogP) is 0.551. The van der Waals surface area contributed by atoms with Crippen molar-refractivity contribution in [3.05, 3.63) is 25.3 Å². The second kappa shape index (κ2) is 5.78. The summed E-state index contributed by atoms with van der Waals surface area (Å²) in [6.07, 6.45) is 0.854. The van der Waals surface area contributed by atoms with Gasteiger partial charge in [0.25, 0.3) is 10.1 Å². The Hall–Kier alpha value is -1.67. The summed E-state index contributed by atoms with van der Waals surface area (Å²) in [5.41, 5.74) is 0. The highest BCUT2D eigenvalue weighted by Crippen LogP contribution is 2.34. The second-order valence-corrected chi connectivity index (χ2v) is 5.26. The first-order valence-electron chi connectivity index (χ1n) is 4.80. The minimum absolute atomic E-state index is 0.421. The van der Waals surface area contributed by atoms with Crippen molar-refractivity contribution in [3.8, 4) is 0 Å². The number of allylic oxidation sites excluding steroid dienone is 2. The normalized spacial score (nSPS) is 16.3. The van der Waals surface area contributed by atoms with E-state index in [1.54, 1.807) is 0 Å². The molecule has 0 aliphatic rings. The van der Waals surface area contributed by atoms with E-state index in [-0.39, 0.29) is 0 Å². The fourth-order valence-corrected chi connectivity index (χ4v) is 2.75. The Morgan fingerprint density at radius 1 is 1.22 bits per heavy atom. The minimum Gasteiger partial charge on any atom is -0.481 e. The standard InChI is InChI=1S/C10H14O7S/c1-3-5-7(8(11)12)10(6-4-2,9(13)14)18(15,16)17/h3-4,7H,1-2,5-6H2,(H,11,12)(H,13,14)(H,15,16,17). The number of carboxylic acids is 2. The molecule has 0 bridgehead atoms. The van der Waals surface area contributed by atoms with Crippen LogP contribution in [-0.4, -0.2) is 39.9 Å². The van der Waals surface area contributed by atoms with Crippen LogP contribution in [0.5, 0.6) is 0 Å². The maximum atomic E-state index is 11.3. The molecule has 0 radical (unpaired) electrons. The van der Waals surface area contributed by atoms with E-state index >= 15 is 0 Å². The first-order chi connectivity index (χ1) is 8.15. The molecular formula is C10H14O7S. The average molecular weight is 278 g/mol. The number of carboxylic acid groups (broad SMARTS) is 2. The van der Waals surface area contributed by atoms with Crippen LogP contribution >= 0.6 is 0 Å². The number of aliphatic carboxylic acids is 2. The molecule has 0 spiro atoms. The SMILES string of the molecule is C=CCC(C(=O)O)C(CC=C)(C(=O)O)S(=O)(=O)O. The summed E-state index contributed by atoms with van der Waals surface area (Å²) >= 11 is 0. The lowest BCUT2D eigenvalue weighted by atomic mass is 9.86. The van der Waals surface area contributed by atoms with Crippen LogP contribution in [0.15, 0.2) is 25.3 Å². The van der Waals surface area contributed by atoms with Gasteiger partial charge in [0.2, 0.25) is 4.75 Å². The van der Waals surface area contributed by atoms with Crippen molar-refractivity contribution in [3.63, 3.8) is 0 Å². The lowest BCUT2D eigenvalue weighted by Gasteiger charge is -2.30. The van der Waals surface area contributed by atoms with Gasteiger partial charge in [-0.25, -0.2) is 0 Å². The molecule has 0 rings (SSSR count). The first kappa shape index (κ1) is 16.3. The predicted molar refractivity (Wildman–Crippen MR) is 62.7 cm³/mol. The topological polar surface area (TPSA) is 129 Å². The van der Waals surface area contributed by atoms with Gasteiger partial charge in [-0.3, -0.25) is 14.1 Å². The number of hydrogen-bond donors (Lipinski definition) is 3. The van der Waals surface area contributed by atoms with Crippen LogP contribution in [0.1, 0.15) is 12.8 Å². The van der Waals surface area contributed by atoms with Gasteiger partial charge in [-0.2, -0.15) is 8.42 Å². The summed E-state index contributed by atoms with van der Waals surface area (Å²) in [6.45, 7) is 6.42. The van der Waals surface area contributed by atoms with Crippen LogP contribution in [0.4, 0.5) is 0 Å². The third-order valence-corrected chi connectivity index (χ3v) is 4.08. The highest BCUT2D eigenvalue weighted by atomic mass is 32.2. The summed E-state index contributed by atoms with van der Waals surface area (Å²) in [5, 5.41) is 18.0. The molecule has 0 aliphatic carbocycles. The number of hydrogen-bond acceptors (Lipinski definition) is 4. The molecule has 2 atom stereocenters. The van der Waals surface area contributed by atoms with E-state index in [9.17, 15) is 18.0 Å². The first-order valence-corrected chi connectivity index (χ1v) is 6.24. The fraction of sp³-hybridized carbons (Fsp3) is 0.400. The number of rotatable bonds is 8. The van der Waals surface area contributed by atoms with Gasteiger partial charge in [-0.1, -0.05) is 12.2 Å². The quantitative estimate of drug-likeness (QED) is 0.436. The van der Waals surface area contributed by atoms with Gasteiger partial charge >= 0.3 is 11.9 Å². The Morgan fingerprint density at radius 2 is 1.72 bits per heavy atom. The van der Waals surface area contributed by atoms with Gasteiger partial charge in [0.15, 0.2) is 0 Å². The van der Waals surface area contributed by atoms with Crippen molar-refractivity contribution in [1.29, 1.82) is 0 Å². The van der Waals surface area contributed by atoms with Gasteiger partial charge in [-0.05, 0) is 12.8 Å². The fourth-order valence-electron chi connectivity index (χ4n) is 1.65. The van der Waals surface area contributed by atoms with E-state index in [1.807, 2.05) is 0 Å². The zero-order valence-corrected chi connectivity index (χ0v) is 10.3. The summed E-state index contributed by atoms with van der Waals surface area (Å²) in [5.74, 6) is -5.46. The zero-order chi connectivity index (χ0) is 14.6. The Kier molecular flexibility index (Phi) is 5.25. The molecule has 0 amide bonds. The molecule has 0 heterocycles. The summed E-state index contributed by atoms with van der Waals surface area (Å²) < 4.78 is 28.9. The highest BCUT2D eigenvalue weighted by Gasteiger charge is 2.58. The molecule has 0 aliphatic heterocycles. The molecular weight excluding hydrogens is 264 g/mol. The molecule has 0 aromatic rings.